The molecule has 1 aliphatic heterocycles. The molecule has 0 saturated carbocycles. The van der Waals surface area contributed by atoms with Crippen molar-refractivity contribution in [3.63, 3.8) is 0 Å². The molecule has 7 heteroatoms. The maximum absolute atomic E-state index is 10.8. The lowest BCUT2D eigenvalue weighted by Crippen LogP contribution is -2.42. The van der Waals surface area contributed by atoms with Crippen LogP contribution in [0.3, 0.4) is 0 Å². The molecule has 1 aliphatic rings. The topological polar surface area (TPSA) is 58.6 Å². The number of para-hydroxylation sites is 1. The van der Waals surface area contributed by atoms with Gasteiger partial charge in [0.15, 0.2) is 0 Å². The number of ether oxygens (including phenoxy) is 1. The van der Waals surface area contributed by atoms with E-state index in [2.05, 4.69) is 5.32 Å². The molecule has 1 heterocycles. The Kier molecular flexibility index (Phi) is 4.81. The van der Waals surface area contributed by atoms with E-state index >= 15 is 0 Å². The van der Waals surface area contributed by atoms with Crippen LogP contribution in [-0.4, -0.2) is 23.3 Å². The van der Waals surface area contributed by atoms with Gasteiger partial charge in [-0.15, -0.1) is 0 Å². The Morgan fingerprint density at radius 1 is 1.29 bits per heavy atom. The Hall–Kier alpha value is -1.62. The number of nitrogens with one attached hydrogen (secondary N) is 1. The van der Waals surface area contributed by atoms with E-state index in [0.29, 0.717) is 32.8 Å². The van der Waals surface area contributed by atoms with Crippen molar-refractivity contribution in [2.45, 2.75) is 25.5 Å². The van der Waals surface area contributed by atoms with E-state index in [-0.39, 0.29) is 12.1 Å². The van der Waals surface area contributed by atoms with E-state index in [4.69, 9.17) is 44.6 Å². The zero-order valence-electron chi connectivity index (χ0n) is 12.6. The highest BCUT2D eigenvalue weighted by molar-refractivity contribution is 6.42. The van der Waals surface area contributed by atoms with E-state index in [1.165, 1.54) is 0 Å². The molecule has 126 valence electrons. The zero-order chi connectivity index (χ0) is 17.4. The maximum Gasteiger partial charge on any atom is 0.404 e. The molecule has 4 nitrogen and oxygen atoms in total. The second kappa shape index (κ2) is 6.71. The van der Waals surface area contributed by atoms with Crippen LogP contribution in [0.25, 0.3) is 11.1 Å². The van der Waals surface area contributed by atoms with Crippen LogP contribution in [-0.2, 0) is 6.42 Å². The fourth-order valence-corrected chi connectivity index (χ4v) is 3.88. The Morgan fingerprint density at radius 2 is 1.96 bits per heavy atom. The third kappa shape index (κ3) is 3.27. The van der Waals surface area contributed by atoms with Gasteiger partial charge in [0.2, 0.25) is 0 Å². The van der Waals surface area contributed by atoms with Gasteiger partial charge in [-0.3, -0.25) is 0 Å². The molecule has 0 saturated heterocycles. The molecular weight excluding hydrogens is 373 g/mol. The van der Waals surface area contributed by atoms with Gasteiger partial charge < -0.3 is 15.2 Å². The van der Waals surface area contributed by atoms with Gasteiger partial charge in [0, 0.05) is 22.6 Å². The van der Waals surface area contributed by atoms with Crippen molar-refractivity contribution in [3.05, 3.63) is 51.0 Å². The van der Waals surface area contributed by atoms with Crippen molar-refractivity contribution in [3.8, 4) is 16.9 Å². The molecule has 0 aliphatic carbocycles. The third-order valence-corrected chi connectivity index (χ3v) is 4.79. The van der Waals surface area contributed by atoms with Crippen LogP contribution in [0.4, 0.5) is 4.79 Å². The molecule has 0 aromatic heterocycles. The van der Waals surface area contributed by atoms with Crippen LogP contribution in [0, 0.1) is 0 Å². The fourth-order valence-electron chi connectivity index (χ4n) is 2.86. The van der Waals surface area contributed by atoms with Crippen molar-refractivity contribution in [1.29, 1.82) is 0 Å². The van der Waals surface area contributed by atoms with Crippen LogP contribution >= 0.6 is 34.8 Å². The van der Waals surface area contributed by atoms with Gasteiger partial charge in [-0.25, -0.2) is 4.79 Å². The summed E-state index contributed by atoms with van der Waals surface area (Å²) in [5.41, 5.74) is 2.40. The highest BCUT2D eigenvalue weighted by atomic mass is 35.5. The number of amides is 1. The van der Waals surface area contributed by atoms with E-state index in [9.17, 15) is 4.79 Å². The number of fused-ring (bicyclic) bond motifs is 1. The quantitative estimate of drug-likeness (QED) is 0.755. The summed E-state index contributed by atoms with van der Waals surface area (Å²) in [5.74, 6) is 0.674. The van der Waals surface area contributed by atoms with Gasteiger partial charge in [-0.2, -0.15) is 0 Å². The molecule has 2 aromatic rings. The SMILES string of the molecule is CC(NC(=O)O)C1Cc2cccc(-c3c(Cl)cc(Cl)cc3Cl)c2O1. The standard InChI is InChI=1S/C17H14Cl3NO3/c1-8(21-17(22)23)14-5-9-3-2-4-11(16(9)24-14)15-12(19)6-10(18)7-13(15)20/h2-4,6-8,14,21H,5H2,1H3,(H,22,23). The van der Waals surface area contributed by atoms with E-state index in [1.54, 1.807) is 19.1 Å². The number of benzene rings is 2. The number of hydrogen-bond donors (Lipinski definition) is 2. The molecule has 24 heavy (non-hydrogen) atoms. The summed E-state index contributed by atoms with van der Waals surface area (Å²) < 4.78 is 6.02. The molecular formula is C17H14Cl3NO3. The van der Waals surface area contributed by atoms with Crippen molar-refractivity contribution < 1.29 is 14.6 Å². The zero-order valence-corrected chi connectivity index (χ0v) is 14.9. The van der Waals surface area contributed by atoms with Gasteiger partial charge in [0.25, 0.3) is 0 Å². The first-order valence-electron chi connectivity index (χ1n) is 7.29. The summed E-state index contributed by atoms with van der Waals surface area (Å²) in [4.78, 5) is 10.8. The van der Waals surface area contributed by atoms with E-state index in [0.717, 1.165) is 11.1 Å². The van der Waals surface area contributed by atoms with Crippen molar-refractivity contribution in [2.75, 3.05) is 0 Å². The molecule has 0 fully saturated rings. The first kappa shape index (κ1) is 17.2. The van der Waals surface area contributed by atoms with Gasteiger partial charge in [-0.1, -0.05) is 53.0 Å². The van der Waals surface area contributed by atoms with Gasteiger partial charge in [0.05, 0.1) is 16.1 Å². The average Bonchev–Trinajstić information content (AvgIpc) is 2.90. The summed E-state index contributed by atoms with van der Waals surface area (Å²) in [6.45, 7) is 1.77. The summed E-state index contributed by atoms with van der Waals surface area (Å²) in [7, 11) is 0. The number of carboxylic acid groups (broad SMARTS) is 1. The van der Waals surface area contributed by atoms with Gasteiger partial charge in [0.1, 0.15) is 11.9 Å². The monoisotopic (exact) mass is 385 g/mol. The molecule has 2 N–H and O–H groups in total. The minimum Gasteiger partial charge on any atom is -0.487 e. The lowest BCUT2D eigenvalue weighted by molar-refractivity contribution is 0.160. The Bertz CT molecular complexity index is 787. The van der Waals surface area contributed by atoms with Crippen LogP contribution in [0.2, 0.25) is 15.1 Å². The van der Waals surface area contributed by atoms with Crippen LogP contribution < -0.4 is 10.1 Å². The summed E-state index contributed by atoms with van der Waals surface area (Å²) in [6, 6.07) is 8.63. The smallest absolute Gasteiger partial charge is 0.404 e. The largest absolute Gasteiger partial charge is 0.487 e. The molecule has 0 bridgehead atoms. The molecule has 2 unspecified atom stereocenters. The summed E-state index contributed by atoms with van der Waals surface area (Å²) in [5, 5.41) is 12.6. The van der Waals surface area contributed by atoms with Crippen LogP contribution in [0.15, 0.2) is 30.3 Å². The van der Waals surface area contributed by atoms with Gasteiger partial charge >= 0.3 is 6.09 Å². The van der Waals surface area contributed by atoms with Crippen molar-refractivity contribution in [1.82, 2.24) is 5.32 Å². The fraction of sp³-hybridized carbons (Fsp3) is 0.235. The summed E-state index contributed by atoms with van der Waals surface area (Å²) >= 11 is 18.6. The van der Waals surface area contributed by atoms with Crippen LogP contribution in [0.5, 0.6) is 5.75 Å². The predicted octanol–water partition coefficient (Wildman–Crippen LogP) is 5.27. The number of halogens is 3. The molecule has 3 rings (SSSR count). The first-order chi connectivity index (χ1) is 11.4. The molecule has 2 atom stereocenters. The summed E-state index contributed by atoms with van der Waals surface area (Å²) in [6.07, 6.45) is -0.763. The van der Waals surface area contributed by atoms with Crippen LogP contribution in [0.1, 0.15) is 12.5 Å². The average molecular weight is 387 g/mol. The van der Waals surface area contributed by atoms with Crippen molar-refractivity contribution >= 4 is 40.9 Å². The predicted molar refractivity (Wildman–Crippen MR) is 95.7 cm³/mol. The Balaban J connectivity index is 1.99. The van der Waals surface area contributed by atoms with E-state index in [1.807, 2.05) is 18.2 Å². The number of rotatable bonds is 3. The molecule has 2 aromatic carbocycles. The molecule has 1 amide bonds. The first-order valence-corrected chi connectivity index (χ1v) is 8.43. The molecule has 0 radical (unpaired) electrons. The second-order valence-electron chi connectivity index (χ2n) is 5.64. The minimum atomic E-state index is -1.08. The highest BCUT2D eigenvalue weighted by Gasteiger charge is 2.31. The lowest BCUT2D eigenvalue weighted by atomic mass is 9.99. The Morgan fingerprint density at radius 3 is 2.58 bits per heavy atom. The van der Waals surface area contributed by atoms with E-state index < -0.39 is 6.09 Å². The maximum atomic E-state index is 10.8. The minimum absolute atomic E-state index is 0.290. The second-order valence-corrected chi connectivity index (χ2v) is 6.89. The van der Waals surface area contributed by atoms with Crippen molar-refractivity contribution in [2.24, 2.45) is 0 Å². The third-order valence-electron chi connectivity index (χ3n) is 3.97. The normalized spacial score (nSPS) is 17.1. The van der Waals surface area contributed by atoms with Gasteiger partial charge in [-0.05, 0) is 24.6 Å². The molecule has 0 spiro atoms. The highest BCUT2D eigenvalue weighted by Crippen LogP contribution is 2.45. The number of hydrogen-bond acceptors (Lipinski definition) is 2. The lowest BCUT2D eigenvalue weighted by Gasteiger charge is -2.19. The number of carbonyl (C=O) groups is 1. The Labute approximate surface area is 154 Å².